The number of sulfonamides is 1. The minimum atomic E-state index is -3.97. The zero-order chi connectivity index (χ0) is 22.0. The highest BCUT2D eigenvalue weighted by Gasteiger charge is 2.24. The highest BCUT2D eigenvalue weighted by Crippen LogP contribution is 2.37. The van der Waals surface area contributed by atoms with Gasteiger partial charge in [0.05, 0.1) is 23.7 Å². The maximum Gasteiger partial charge on any atom is 0.238 e. The summed E-state index contributed by atoms with van der Waals surface area (Å²) in [5, 5.41) is 20.5. The molecule has 0 spiro atoms. The number of nitrogens with zero attached hydrogens (tertiary/aromatic N) is 2. The van der Waals surface area contributed by atoms with E-state index in [2.05, 4.69) is 0 Å². The van der Waals surface area contributed by atoms with Gasteiger partial charge >= 0.3 is 0 Å². The first-order chi connectivity index (χ1) is 14.9. The SMILES string of the molecule is Cc1ccc(-c2c(-c3ccccc3S(N)(=O)=O)nn(Cc3ccccc3)c2CO)cc1. The summed E-state index contributed by atoms with van der Waals surface area (Å²) in [6, 6.07) is 24.1. The van der Waals surface area contributed by atoms with Gasteiger partial charge in [-0.3, -0.25) is 4.68 Å². The molecule has 0 aliphatic heterocycles. The van der Waals surface area contributed by atoms with E-state index in [1.165, 1.54) is 6.07 Å². The summed E-state index contributed by atoms with van der Waals surface area (Å²) in [4.78, 5) is -0.00258. The molecule has 0 saturated carbocycles. The van der Waals surface area contributed by atoms with Crippen molar-refractivity contribution in [2.45, 2.75) is 25.0 Å². The van der Waals surface area contributed by atoms with Gasteiger partial charge in [0.25, 0.3) is 0 Å². The number of nitrogens with two attached hydrogens (primary N) is 1. The monoisotopic (exact) mass is 433 g/mol. The zero-order valence-corrected chi connectivity index (χ0v) is 17.9. The Morgan fingerprint density at radius 2 is 1.58 bits per heavy atom. The quantitative estimate of drug-likeness (QED) is 0.484. The Labute approximate surface area is 181 Å². The molecule has 4 aromatic rings. The second-order valence-corrected chi connectivity index (χ2v) is 8.91. The number of rotatable bonds is 6. The lowest BCUT2D eigenvalue weighted by molar-refractivity contribution is 0.269. The van der Waals surface area contributed by atoms with Crippen LogP contribution in [-0.2, 0) is 23.2 Å². The van der Waals surface area contributed by atoms with Crippen LogP contribution in [0.15, 0.2) is 83.8 Å². The van der Waals surface area contributed by atoms with Gasteiger partial charge in [-0.1, -0.05) is 78.4 Å². The number of hydrogen-bond donors (Lipinski definition) is 2. The van der Waals surface area contributed by atoms with Crippen molar-refractivity contribution < 1.29 is 13.5 Å². The van der Waals surface area contributed by atoms with Crippen molar-refractivity contribution in [3.05, 3.63) is 95.7 Å². The van der Waals surface area contributed by atoms with Crippen LogP contribution in [0.3, 0.4) is 0 Å². The number of hydrogen-bond acceptors (Lipinski definition) is 4. The zero-order valence-electron chi connectivity index (χ0n) is 17.1. The lowest BCUT2D eigenvalue weighted by Crippen LogP contribution is -2.13. The fourth-order valence-electron chi connectivity index (χ4n) is 3.67. The minimum Gasteiger partial charge on any atom is -0.390 e. The average molecular weight is 434 g/mol. The fourth-order valence-corrected chi connectivity index (χ4v) is 4.41. The third kappa shape index (κ3) is 4.29. The van der Waals surface area contributed by atoms with Gasteiger partial charge in [0, 0.05) is 11.1 Å². The predicted molar refractivity (Wildman–Crippen MR) is 121 cm³/mol. The van der Waals surface area contributed by atoms with E-state index in [4.69, 9.17) is 10.2 Å². The molecule has 0 unspecified atom stereocenters. The van der Waals surface area contributed by atoms with Gasteiger partial charge < -0.3 is 5.11 Å². The fraction of sp³-hybridized carbons (Fsp3) is 0.125. The van der Waals surface area contributed by atoms with E-state index in [0.717, 1.165) is 16.7 Å². The van der Waals surface area contributed by atoms with Crippen molar-refractivity contribution in [2.75, 3.05) is 0 Å². The van der Waals surface area contributed by atoms with E-state index >= 15 is 0 Å². The highest BCUT2D eigenvalue weighted by molar-refractivity contribution is 7.89. The van der Waals surface area contributed by atoms with Crippen molar-refractivity contribution in [3.8, 4) is 22.4 Å². The maximum atomic E-state index is 12.3. The predicted octanol–water partition coefficient (Wildman–Crippen LogP) is 3.71. The Bertz CT molecular complexity index is 1310. The maximum absolute atomic E-state index is 12.3. The molecule has 7 heteroatoms. The number of benzene rings is 3. The molecule has 1 heterocycles. The molecule has 3 N–H and O–H groups in total. The lowest BCUT2D eigenvalue weighted by atomic mass is 9.98. The van der Waals surface area contributed by atoms with Crippen molar-refractivity contribution in [1.82, 2.24) is 9.78 Å². The van der Waals surface area contributed by atoms with E-state index in [-0.39, 0.29) is 11.5 Å². The average Bonchev–Trinajstić information content (AvgIpc) is 3.12. The summed E-state index contributed by atoms with van der Waals surface area (Å²) < 4.78 is 26.3. The van der Waals surface area contributed by atoms with Crippen molar-refractivity contribution in [3.63, 3.8) is 0 Å². The largest absolute Gasteiger partial charge is 0.390 e. The molecule has 6 nitrogen and oxygen atoms in total. The van der Waals surface area contributed by atoms with Crippen LogP contribution in [0.5, 0.6) is 0 Å². The van der Waals surface area contributed by atoms with Gasteiger partial charge in [0.15, 0.2) is 0 Å². The summed E-state index contributed by atoms with van der Waals surface area (Å²) in [7, 11) is -3.97. The first kappa shape index (κ1) is 21.0. The molecule has 0 radical (unpaired) electrons. The van der Waals surface area contributed by atoms with Gasteiger partial charge in [0.1, 0.15) is 5.69 Å². The van der Waals surface area contributed by atoms with Crippen LogP contribution in [-0.4, -0.2) is 23.3 Å². The summed E-state index contributed by atoms with van der Waals surface area (Å²) in [5.41, 5.74) is 5.11. The molecule has 0 saturated heterocycles. The first-order valence-corrected chi connectivity index (χ1v) is 11.4. The van der Waals surface area contributed by atoms with Gasteiger partial charge in [-0.2, -0.15) is 5.10 Å². The van der Waals surface area contributed by atoms with Crippen LogP contribution in [0.2, 0.25) is 0 Å². The molecule has 4 rings (SSSR count). The number of aliphatic hydroxyl groups excluding tert-OH is 1. The van der Waals surface area contributed by atoms with Crippen LogP contribution in [0.25, 0.3) is 22.4 Å². The molecule has 0 aliphatic carbocycles. The highest BCUT2D eigenvalue weighted by atomic mass is 32.2. The Hall–Kier alpha value is -3.26. The Morgan fingerprint density at radius 3 is 2.23 bits per heavy atom. The molecule has 0 aliphatic rings. The molecule has 31 heavy (non-hydrogen) atoms. The third-order valence-corrected chi connectivity index (χ3v) is 6.14. The standard InChI is InChI=1S/C24H23N3O3S/c1-17-11-13-19(14-12-17)23-21(16-28)27(15-18-7-3-2-4-8-18)26-24(23)20-9-5-6-10-22(20)31(25,29)30/h2-14,28H,15-16H2,1H3,(H2,25,29,30). The Kier molecular flexibility index (Phi) is 5.73. The topological polar surface area (TPSA) is 98.2 Å². The van der Waals surface area contributed by atoms with E-state index < -0.39 is 10.0 Å². The summed E-state index contributed by atoms with van der Waals surface area (Å²) >= 11 is 0. The van der Waals surface area contributed by atoms with Crippen LogP contribution in [0.1, 0.15) is 16.8 Å². The smallest absolute Gasteiger partial charge is 0.238 e. The van der Waals surface area contributed by atoms with Gasteiger partial charge in [-0.15, -0.1) is 0 Å². The second kappa shape index (κ2) is 8.47. The number of primary sulfonamides is 1. The van der Waals surface area contributed by atoms with E-state index in [9.17, 15) is 13.5 Å². The minimum absolute atomic E-state index is 0.00258. The summed E-state index contributed by atoms with van der Waals surface area (Å²) in [6.07, 6.45) is 0. The van der Waals surface area contributed by atoms with Crippen LogP contribution < -0.4 is 5.14 Å². The van der Waals surface area contributed by atoms with Crippen molar-refractivity contribution >= 4 is 10.0 Å². The summed E-state index contributed by atoms with van der Waals surface area (Å²) in [6.45, 7) is 2.18. The van der Waals surface area contributed by atoms with Crippen molar-refractivity contribution in [1.29, 1.82) is 0 Å². The number of aromatic nitrogens is 2. The van der Waals surface area contributed by atoms with Crippen LogP contribution in [0, 0.1) is 6.92 Å². The number of aliphatic hydroxyl groups is 1. The molecule has 3 aromatic carbocycles. The van der Waals surface area contributed by atoms with E-state index in [0.29, 0.717) is 29.1 Å². The summed E-state index contributed by atoms with van der Waals surface area (Å²) in [5.74, 6) is 0. The lowest BCUT2D eigenvalue weighted by Gasteiger charge is -2.10. The van der Waals surface area contributed by atoms with Crippen LogP contribution in [0.4, 0.5) is 0 Å². The Morgan fingerprint density at radius 1 is 0.935 bits per heavy atom. The van der Waals surface area contributed by atoms with E-state index in [1.54, 1.807) is 22.9 Å². The normalized spacial score (nSPS) is 11.6. The van der Waals surface area contributed by atoms with Crippen molar-refractivity contribution in [2.24, 2.45) is 5.14 Å². The molecule has 1 aromatic heterocycles. The van der Waals surface area contributed by atoms with E-state index in [1.807, 2.05) is 61.5 Å². The second-order valence-electron chi connectivity index (χ2n) is 7.38. The number of aryl methyl sites for hydroxylation is 1. The van der Waals surface area contributed by atoms with Gasteiger partial charge in [0.2, 0.25) is 10.0 Å². The van der Waals surface area contributed by atoms with Gasteiger partial charge in [-0.25, -0.2) is 13.6 Å². The first-order valence-electron chi connectivity index (χ1n) is 9.82. The molecule has 0 bridgehead atoms. The molecule has 158 valence electrons. The molecule has 0 atom stereocenters. The molecule has 0 amide bonds. The molecular formula is C24H23N3O3S. The van der Waals surface area contributed by atoms with Gasteiger partial charge in [-0.05, 0) is 24.1 Å². The van der Waals surface area contributed by atoms with Crippen LogP contribution >= 0.6 is 0 Å². The third-order valence-electron chi connectivity index (χ3n) is 5.17. The molecule has 0 fully saturated rings. The Balaban J connectivity index is 1.99. The molecular weight excluding hydrogens is 410 g/mol.